The Morgan fingerprint density at radius 3 is 2.14 bits per heavy atom. The third-order valence-corrected chi connectivity index (χ3v) is 4.07. The minimum Gasteiger partial charge on any atom is -0.491 e. The summed E-state index contributed by atoms with van der Waals surface area (Å²) in [5.41, 5.74) is 12.3. The normalized spacial score (nSPS) is 14.0. The highest BCUT2D eigenvalue weighted by molar-refractivity contribution is 5.50. The molecule has 0 amide bonds. The molecule has 0 radical (unpaired) electrons. The van der Waals surface area contributed by atoms with E-state index in [-0.39, 0.29) is 6.10 Å². The molecular weight excluding hydrogens is 258 g/mol. The number of hydrogen-bond donors (Lipinski definition) is 1. The zero-order chi connectivity index (χ0) is 14.8. The van der Waals surface area contributed by atoms with Crippen LogP contribution >= 0.6 is 0 Å². The lowest BCUT2D eigenvalue weighted by Gasteiger charge is -2.17. The Bertz CT molecular complexity index is 646. The Hall–Kier alpha value is -1.96. The van der Waals surface area contributed by atoms with Gasteiger partial charge in [-0.25, -0.2) is 0 Å². The van der Waals surface area contributed by atoms with E-state index in [1.807, 2.05) is 0 Å². The fourth-order valence-corrected chi connectivity index (χ4v) is 2.91. The van der Waals surface area contributed by atoms with Crippen LogP contribution in [0.4, 0.5) is 5.69 Å². The van der Waals surface area contributed by atoms with E-state index in [0.29, 0.717) is 0 Å². The number of anilines is 1. The van der Waals surface area contributed by atoms with Crippen molar-refractivity contribution >= 4 is 5.69 Å². The van der Waals surface area contributed by atoms with Gasteiger partial charge in [-0.3, -0.25) is 0 Å². The molecule has 21 heavy (non-hydrogen) atoms. The third kappa shape index (κ3) is 3.21. The Morgan fingerprint density at radius 2 is 1.48 bits per heavy atom. The van der Waals surface area contributed by atoms with Crippen molar-refractivity contribution in [3.8, 4) is 5.75 Å². The van der Waals surface area contributed by atoms with Gasteiger partial charge in [-0.15, -0.1) is 0 Å². The van der Waals surface area contributed by atoms with Crippen LogP contribution in [0, 0.1) is 0 Å². The van der Waals surface area contributed by atoms with Crippen molar-refractivity contribution in [3.05, 3.63) is 58.7 Å². The highest BCUT2D eigenvalue weighted by Gasteiger charge is 2.11. The number of ether oxygens (including phenoxy) is 1. The Morgan fingerprint density at radius 1 is 0.857 bits per heavy atom. The van der Waals surface area contributed by atoms with E-state index in [2.05, 4.69) is 50.2 Å². The topological polar surface area (TPSA) is 35.2 Å². The van der Waals surface area contributed by atoms with Crippen molar-refractivity contribution in [2.75, 3.05) is 5.73 Å². The summed E-state index contributed by atoms with van der Waals surface area (Å²) < 4.78 is 6.01. The van der Waals surface area contributed by atoms with Crippen molar-refractivity contribution in [2.45, 2.75) is 45.6 Å². The zero-order valence-electron chi connectivity index (χ0n) is 12.9. The Balaban J connectivity index is 1.98. The lowest BCUT2D eigenvalue weighted by atomic mass is 9.95. The van der Waals surface area contributed by atoms with E-state index in [1.54, 1.807) is 0 Å². The van der Waals surface area contributed by atoms with Crippen LogP contribution < -0.4 is 10.5 Å². The molecule has 2 heteroatoms. The highest BCUT2D eigenvalue weighted by Crippen LogP contribution is 2.27. The second kappa shape index (κ2) is 5.80. The van der Waals surface area contributed by atoms with E-state index in [1.165, 1.54) is 22.3 Å². The van der Waals surface area contributed by atoms with Gasteiger partial charge >= 0.3 is 0 Å². The fraction of sp³-hybridized carbons (Fsp3) is 0.368. The lowest BCUT2D eigenvalue weighted by Crippen LogP contribution is -2.09. The van der Waals surface area contributed by atoms with E-state index in [4.69, 9.17) is 10.5 Å². The largest absolute Gasteiger partial charge is 0.491 e. The molecule has 0 unspecified atom stereocenters. The van der Waals surface area contributed by atoms with Crippen LogP contribution in [0.25, 0.3) is 0 Å². The second-order valence-corrected chi connectivity index (χ2v) is 6.14. The van der Waals surface area contributed by atoms with E-state index < -0.39 is 0 Å². The number of rotatable bonds is 2. The van der Waals surface area contributed by atoms with Crippen LogP contribution in [-0.4, -0.2) is 6.10 Å². The third-order valence-electron chi connectivity index (χ3n) is 4.07. The van der Waals surface area contributed by atoms with Gasteiger partial charge in [-0.1, -0.05) is 24.3 Å². The molecule has 0 saturated carbocycles. The molecule has 0 aromatic heterocycles. The summed E-state index contributed by atoms with van der Waals surface area (Å²) in [6.45, 7) is 4.16. The smallest absolute Gasteiger partial charge is 0.123 e. The van der Waals surface area contributed by atoms with Crippen molar-refractivity contribution < 1.29 is 4.74 Å². The molecule has 0 atom stereocenters. The molecule has 0 heterocycles. The van der Waals surface area contributed by atoms with E-state index in [0.717, 1.165) is 37.1 Å². The first kappa shape index (κ1) is 14.0. The van der Waals surface area contributed by atoms with E-state index in [9.17, 15) is 0 Å². The minimum atomic E-state index is 0.204. The van der Waals surface area contributed by atoms with Crippen LogP contribution in [0.5, 0.6) is 5.75 Å². The molecule has 110 valence electrons. The van der Waals surface area contributed by atoms with Crippen molar-refractivity contribution in [1.29, 1.82) is 0 Å². The van der Waals surface area contributed by atoms with Crippen molar-refractivity contribution in [3.63, 3.8) is 0 Å². The average molecular weight is 281 g/mol. The molecule has 2 aromatic rings. The summed E-state index contributed by atoms with van der Waals surface area (Å²) in [4.78, 5) is 0. The van der Waals surface area contributed by atoms with Crippen molar-refractivity contribution in [2.24, 2.45) is 0 Å². The Labute approximate surface area is 126 Å². The van der Waals surface area contributed by atoms with Crippen LogP contribution in [0.1, 0.15) is 36.1 Å². The van der Waals surface area contributed by atoms with Gasteiger partial charge < -0.3 is 10.5 Å². The lowest BCUT2D eigenvalue weighted by molar-refractivity contribution is 0.239. The number of nitrogen functional groups attached to an aromatic ring is 1. The number of hydrogen-bond acceptors (Lipinski definition) is 2. The van der Waals surface area contributed by atoms with Gasteiger partial charge in [0.1, 0.15) is 5.75 Å². The average Bonchev–Trinajstić information content (AvgIpc) is 2.42. The standard InChI is InChI=1S/C19H23NO/c1-13(2)21-19-12-15-4-3-14-5-7-16(18(20)11-14)9-10-17(19)8-6-15/h5-8,11-13H,3-4,9-10,20H2,1-2H3. The molecule has 0 spiro atoms. The van der Waals surface area contributed by atoms with Gasteiger partial charge in [0.05, 0.1) is 6.10 Å². The summed E-state index contributed by atoms with van der Waals surface area (Å²) >= 11 is 0. The second-order valence-electron chi connectivity index (χ2n) is 6.14. The number of benzene rings is 2. The van der Waals surface area contributed by atoms with Crippen LogP contribution in [0.3, 0.4) is 0 Å². The number of nitrogens with two attached hydrogens (primary N) is 1. The van der Waals surface area contributed by atoms with Gasteiger partial charge in [0.2, 0.25) is 0 Å². The summed E-state index contributed by atoms with van der Waals surface area (Å²) in [5.74, 6) is 1.04. The summed E-state index contributed by atoms with van der Waals surface area (Å²) in [5, 5.41) is 0. The summed E-state index contributed by atoms with van der Waals surface area (Å²) in [7, 11) is 0. The monoisotopic (exact) mass is 281 g/mol. The highest BCUT2D eigenvalue weighted by atomic mass is 16.5. The van der Waals surface area contributed by atoms with Crippen molar-refractivity contribution in [1.82, 2.24) is 0 Å². The first-order valence-electron chi connectivity index (χ1n) is 7.77. The molecule has 4 bridgehead atoms. The molecule has 0 saturated heterocycles. The molecule has 6 rings (SSSR count). The maximum Gasteiger partial charge on any atom is 0.123 e. The molecule has 2 N–H and O–H groups in total. The molecule has 2 aromatic carbocycles. The molecule has 0 fully saturated rings. The first-order chi connectivity index (χ1) is 10.1. The zero-order valence-corrected chi connectivity index (χ0v) is 12.9. The quantitative estimate of drug-likeness (QED) is 0.846. The predicted octanol–water partition coefficient (Wildman–Crippen LogP) is 3.94. The van der Waals surface area contributed by atoms with Crippen LogP contribution in [0.2, 0.25) is 0 Å². The number of aryl methyl sites for hydroxylation is 4. The SMILES string of the molecule is CC(C)Oc1cc2ccc1CCc1ccc(cc1N)CC2. The van der Waals surface area contributed by atoms with Crippen LogP contribution in [-0.2, 0) is 25.7 Å². The maximum absolute atomic E-state index is 6.19. The molecular formula is C19H23NO. The summed E-state index contributed by atoms with van der Waals surface area (Å²) in [6.07, 6.45) is 4.17. The van der Waals surface area contributed by atoms with Gasteiger partial charge in [-0.2, -0.15) is 0 Å². The van der Waals surface area contributed by atoms with Gasteiger partial charge in [0.25, 0.3) is 0 Å². The maximum atomic E-state index is 6.19. The summed E-state index contributed by atoms with van der Waals surface area (Å²) in [6, 6.07) is 13.2. The molecule has 4 aliphatic carbocycles. The van der Waals surface area contributed by atoms with Crippen LogP contribution in [0.15, 0.2) is 36.4 Å². The van der Waals surface area contributed by atoms with Gasteiger partial charge in [0, 0.05) is 5.69 Å². The van der Waals surface area contributed by atoms with Gasteiger partial charge in [0.15, 0.2) is 0 Å². The minimum absolute atomic E-state index is 0.204. The van der Waals surface area contributed by atoms with Gasteiger partial charge in [-0.05, 0) is 73.9 Å². The first-order valence-corrected chi connectivity index (χ1v) is 7.77. The van der Waals surface area contributed by atoms with E-state index >= 15 is 0 Å². The fourth-order valence-electron chi connectivity index (χ4n) is 2.91. The molecule has 0 aliphatic heterocycles. The molecule has 2 nitrogen and oxygen atoms in total. The molecule has 4 aliphatic rings. The predicted molar refractivity (Wildman–Crippen MR) is 87.9 cm³/mol. The Kier molecular flexibility index (Phi) is 3.87.